The molecule has 0 aliphatic carbocycles. The summed E-state index contributed by atoms with van der Waals surface area (Å²) in [7, 11) is 0. The van der Waals surface area contributed by atoms with Crippen LogP contribution in [0.3, 0.4) is 0 Å². The van der Waals surface area contributed by atoms with Gasteiger partial charge in [-0.1, -0.05) is 29.8 Å². The first-order valence-corrected chi connectivity index (χ1v) is 7.39. The maximum atomic E-state index is 13.8. The summed E-state index contributed by atoms with van der Waals surface area (Å²) >= 11 is 3.19. The Balaban J connectivity index is 2.26. The van der Waals surface area contributed by atoms with Gasteiger partial charge in [0.05, 0.1) is 0 Å². The highest BCUT2D eigenvalue weighted by Gasteiger charge is 2.10. The summed E-state index contributed by atoms with van der Waals surface area (Å²) in [5.41, 5.74) is 0.644. The molecule has 2 rings (SSSR count). The zero-order valence-electron chi connectivity index (χ0n) is 11.8. The minimum absolute atomic E-state index is 0.107. The van der Waals surface area contributed by atoms with Crippen LogP contribution in [0.4, 0.5) is 8.78 Å². The van der Waals surface area contributed by atoms with E-state index in [2.05, 4.69) is 21.2 Å². The number of ether oxygens (including phenoxy) is 1. The van der Waals surface area contributed by atoms with Gasteiger partial charge in [0, 0.05) is 22.6 Å². The SMILES string of the molecule is CC(C)NCc1cc(F)ccc1Oc1ccc(Br)cc1F. The maximum Gasteiger partial charge on any atom is 0.166 e. The molecule has 2 aromatic carbocycles. The van der Waals surface area contributed by atoms with Crippen LogP contribution in [0.5, 0.6) is 11.5 Å². The van der Waals surface area contributed by atoms with Crippen LogP contribution in [0.15, 0.2) is 40.9 Å². The molecule has 0 amide bonds. The van der Waals surface area contributed by atoms with Crippen molar-refractivity contribution in [2.45, 2.75) is 26.4 Å². The average molecular weight is 356 g/mol. The number of halogens is 3. The Kier molecular flexibility index (Phi) is 5.31. The molecule has 112 valence electrons. The van der Waals surface area contributed by atoms with Crippen LogP contribution in [0.25, 0.3) is 0 Å². The predicted octanol–water partition coefficient (Wildman–Crippen LogP) is 5.02. The highest BCUT2D eigenvalue weighted by molar-refractivity contribution is 9.10. The van der Waals surface area contributed by atoms with E-state index in [9.17, 15) is 8.78 Å². The molecular formula is C16H16BrF2NO. The van der Waals surface area contributed by atoms with Crippen LogP contribution in [-0.2, 0) is 6.54 Å². The lowest BCUT2D eigenvalue weighted by atomic mass is 10.2. The molecular weight excluding hydrogens is 340 g/mol. The minimum Gasteiger partial charge on any atom is -0.454 e. The summed E-state index contributed by atoms with van der Waals surface area (Å²) in [4.78, 5) is 0. The third-order valence-corrected chi connectivity index (χ3v) is 3.33. The molecule has 0 heterocycles. The van der Waals surface area contributed by atoms with Crippen LogP contribution in [0.1, 0.15) is 19.4 Å². The Hall–Kier alpha value is -1.46. The van der Waals surface area contributed by atoms with Crippen molar-refractivity contribution < 1.29 is 13.5 Å². The van der Waals surface area contributed by atoms with Gasteiger partial charge < -0.3 is 10.1 Å². The van der Waals surface area contributed by atoms with Gasteiger partial charge in [0.25, 0.3) is 0 Å². The van der Waals surface area contributed by atoms with Crippen LogP contribution < -0.4 is 10.1 Å². The molecule has 0 saturated heterocycles. The standard InChI is InChI=1S/C16H16BrF2NO/c1-10(2)20-9-11-7-13(18)4-6-15(11)21-16-5-3-12(17)8-14(16)19/h3-8,10,20H,9H2,1-2H3. The van der Waals surface area contributed by atoms with Gasteiger partial charge in [-0.15, -0.1) is 0 Å². The van der Waals surface area contributed by atoms with Gasteiger partial charge in [-0.05, 0) is 36.4 Å². The van der Waals surface area contributed by atoms with Crippen LogP contribution in [0.2, 0.25) is 0 Å². The monoisotopic (exact) mass is 355 g/mol. The molecule has 0 fully saturated rings. The third-order valence-electron chi connectivity index (χ3n) is 2.84. The summed E-state index contributed by atoms with van der Waals surface area (Å²) in [6, 6.07) is 8.99. The molecule has 5 heteroatoms. The van der Waals surface area contributed by atoms with E-state index in [1.165, 1.54) is 30.3 Å². The number of hydrogen-bond donors (Lipinski definition) is 1. The van der Waals surface area contributed by atoms with Crippen molar-refractivity contribution in [2.75, 3.05) is 0 Å². The minimum atomic E-state index is -0.475. The fourth-order valence-electron chi connectivity index (χ4n) is 1.78. The van der Waals surface area contributed by atoms with Gasteiger partial charge in [-0.25, -0.2) is 8.78 Å². The molecule has 0 radical (unpaired) electrons. The van der Waals surface area contributed by atoms with Crippen LogP contribution in [0, 0.1) is 11.6 Å². The Bertz CT molecular complexity index is 632. The van der Waals surface area contributed by atoms with E-state index < -0.39 is 5.82 Å². The molecule has 2 aromatic rings. The number of benzene rings is 2. The quantitative estimate of drug-likeness (QED) is 0.813. The summed E-state index contributed by atoms with van der Waals surface area (Å²) < 4.78 is 33.4. The van der Waals surface area contributed by atoms with Gasteiger partial charge in [0.2, 0.25) is 0 Å². The fraction of sp³-hybridized carbons (Fsp3) is 0.250. The first kappa shape index (κ1) is 15.9. The molecule has 0 saturated carbocycles. The van der Waals surface area contributed by atoms with Crippen molar-refractivity contribution in [1.29, 1.82) is 0 Å². The highest BCUT2D eigenvalue weighted by atomic mass is 79.9. The molecule has 0 atom stereocenters. The van der Waals surface area contributed by atoms with Crippen molar-refractivity contribution in [3.63, 3.8) is 0 Å². The summed E-state index contributed by atoms with van der Waals surface area (Å²) in [5.74, 6) is -0.281. The molecule has 0 aliphatic heterocycles. The number of hydrogen-bond acceptors (Lipinski definition) is 2. The van der Waals surface area contributed by atoms with Crippen molar-refractivity contribution in [3.05, 3.63) is 58.1 Å². The Labute approximate surface area is 131 Å². The van der Waals surface area contributed by atoms with E-state index in [1.807, 2.05) is 13.8 Å². The maximum absolute atomic E-state index is 13.8. The van der Waals surface area contributed by atoms with E-state index >= 15 is 0 Å². The number of nitrogens with one attached hydrogen (secondary N) is 1. The lowest BCUT2D eigenvalue weighted by Gasteiger charge is -2.14. The second-order valence-electron chi connectivity index (χ2n) is 4.96. The van der Waals surface area contributed by atoms with Gasteiger partial charge >= 0.3 is 0 Å². The number of rotatable bonds is 5. The Morgan fingerprint density at radius 2 is 1.81 bits per heavy atom. The van der Waals surface area contributed by atoms with Crippen LogP contribution in [-0.4, -0.2) is 6.04 Å². The van der Waals surface area contributed by atoms with Gasteiger partial charge in [-0.3, -0.25) is 0 Å². The third kappa shape index (κ3) is 4.51. The second kappa shape index (κ2) is 7.00. The predicted molar refractivity (Wildman–Crippen MR) is 82.5 cm³/mol. The molecule has 0 unspecified atom stereocenters. The van der Waals surface area contributed by atoms with Crippen LogP contribution >= 0.6 is 15.9 Å². The Morgan fingerprint density at radius 1 is 1.10 bits per heavy atom. The lowest BCUT2D eigenvalue weighted by Crippen LogP contribution is -2.22. The normalized spacial score (nSPS) is 11.0. The van der Waals surface area contributed by atoms with Gasteiger partial charge in [-0.2, -0.15) is 0 Å². The first-order valence-electron chi connectivity index (χ1n) is 6.60. The average Bonchev–Trinajstić information content (AvgIpc) is 2.41. The summed E-state index contributed by atoms with van der Waals surface area (Å²) in [6.07, 6.45) is 0. The molecule has 1 N–H and O–H groups in total. The highest BCUT2D eigenvalue weighted by Crippen LogP contribution is 2.29. The zero-order chi connectivity index (χ0) is 15.4. The molecule has 0 aliphatic rings. The molecule has 2 nitrogen and oxygen atoms in total. The first-order chi connectivity index (χ1) is 9.95. The summed E-state index contributed by atoms with van der Waals surface area (Å²) in [6.45, 7) is 4.44. The zero-order valence-corrected chi connectivity index (χ0v) is 13.4. The van der Waals surface area contributed by atoms with E-state index in [1.54, 1.807) is 6.07 Å². The van der Waals surface area contributed by atoms with E-state index in [0.717, 1.165) is 0 Å². The fourth-order valence-corrected chi connectivity index (χ4v) is 2.11. The second-order valence-corrected chi connectivity index (χ2v) is 5.88. The van der Waals surface area contributed by atoms with Crippen molar-refractivity contribution in [1.82, 2.24) is 5.32 Å². The van der Waals surface area contributed by atoms with Crippen molar-refractivity contribution in [3.8, 4) is 11.5 Å². The molecule has 21 heavy (non-hydrogen) atoms. The summed E-state index contributed by atoms with van der Waals surface area (Å²) in [5, 5.41) is 3.19. The van der Waals surface area contributed by atoms with Gasteiger partial charge in [0.15, 0.2) is 11.6 Å². The molecule has 0 bridgehead atoms. The van der Waals surface area contributed by atoms with Crippen molar-refractivity contribution in [2.24, 2.45) is 0 Å². The molecule has 0 spiro atoms. The molecule has 0 aromatic heterocycles. The van der Waals surface area contributed by atoms with Crippen molar-refractivity contribution >= 4 is 15.9 Å². The van der Waals surface area contributed by atoms with E-state index in [0.29, 0.717) is 22.3 Å². The lowest BCUT2D eigenvalue weighted by molar-refractivity contribution is 0.432. The van der Waals surface area contributed by atoms with E-state index in [4.69, 9.17) is 4.74 Å². The largest absolute Gasteiger partial charge is 0.454 e. The van der Waals surface area contributed by atoms with E-state index in [-0.39, 0.29) is 17.6 Å². The Morgan fingerprint density at radius 3 is 2.48 bits per heavy atom. The topological polar surface area (TPSA) is 21.3 Å². The smallest absolute Gasteiger partial charge is 0.166 e. The van der Waals surface area contributed by atoms with Gasteiger partial charge in [0.1, 0.15) is 11.6 Å².